The molecule has 7 nitrogen and oxygen atoms in total. The third kappa shape index (κ3) is 2.82. The van der Waals surface area contributed by atoms with Gasteiger partial charge in [0.2, 0.25) is 5.91 Å². The third-order valence-electron chi connectivity index (χ3n) is 3.26. The maximum atomic E-state index is 11.2. The summed E-state index contributed by atoms with van der Waals surface area (Å²) in [5, 5.41) is 11.1. The number of hydrogen-bond acceptors (Lipinski definition) is 5. The first-order valence-corrected chi connectivity index (χ1v) is 6.08. The highest BCUT2D eigenvalue weighted by molar-refractivity contribution is 5.94. The number of benzene rings is 1. The molecule has 1 unspecified atom stereocenters. The van der Waals surface area contributed by atoms with Gasteiger partial charge in [-0.05, 0) is 25.0 Å². The lowest BCUT2D eigenvalue weighted by molar-refractivity contribution is -0.384. The highest BCUT2D eigenvalue weighted by Crippen LogP contribution is 2.31. The number of carbonyl (C=O) groups excluding carboxylic acids is 1. The first kappa shape index (κ1) is 13.3. The summed E-state index contributed by atoms with van der Waals surface area (Å²) in [6, 6.07) is 4.15. The van der Waals surface area contributed by atoms with E-state index in [0.29, 0.717) is 18.8 Å². The van der Waals surface area contributed by atoms with Crippen LogP contribution in [0.2, 0.25) is 0 Å². The Kier molecular flexibility index (Phi) is 3.66. The summed E-state index contributed by atoms with van der Waals surface area (Å²) in [6.45, 7) is 1.24. The Labute approximate surface area is 110 Å². The van der Waals surface area contributed by atoms with Crippen molar-refractivity contribution >= 4 is 17.3 Å². The van der Waals surface area contributed by atoms with Crippen molar-refractivity contribution in [2.24, 2.45) is 11.5 Å². The minimum absolute atomic E-state index is 0.00871. The van der Waals surface area contributed by atoms with Gasteiger partial charge in [0.05, 0.1) is 4.92 Å². The first-order chi connectivity index (χ1) is 8.99. The molecule has 0 saturated carbocycles. The summed E-state index contributed by atoms with van der Waals surface area (Å²) in [5.74, 6) is -0.600. The minimum atomic E-state index is -0.600. The first-order valence-electron chi connectivity index (χ1n) is 6.08. The van der Waals surface area contributed by atoms with Crippen LogP contribution < -0.4 is 16.4 Å². The quantitative estimate of drug-likeness (QED) is 0.613. The van der Waals surface area contributed by atoms with Crippen molar-refractivity contribution in [2.75, 3.05) is 18.0 Å². The van der Waals surface area contributed by atoms with Crippen molar-refractivity contribution in [1.29, 1.82) is 0 Å². The summed E-state index contributed by atoms with van der Waals surface area (Å²) in [4.78, 5) is 23.6. The van der Waals surface area contributed by atoms with Gasteiger partial charge in [-0.2, -0.15) is 0 Å². The second-order valence-corrected chi connectivity index (χ2v) is 4.67. The second-order valence-electron chi connectivity index (χ2n) is 4.67. The summed E-state index contributed by atoms with van der Waals surface area (Å²) >= 11 is 0. The van der Waals surface area contributed by atoms with Gasteiger partial charge in [-0.1, -0.05) is 0 Å². The molecule has 1 aliphatic rings. The number of anilines is 1. The lowest BCUT2D eigenvalue weighted by atomic mass is 10.0. The van der Waals surface area contributed by atoms with E-state index >= 15 is 0 Å². The maximum absolute atomic E-state index is 11.2. The molecule has 1 fully saturated rings. The number of hydrogen-bond donors (Lipinski definition) is 2. The van der Waals surface area contributed by atoms with E-state index in [2.05, 4.69) is 0 Å². The standard InChI is InChI=1S/C12H16N4O3/c13-9-2-1-5-15(7-9)11-6-8(12(14)17)3-4-10(11)16(18)19/h3-4,6,9H,1-2,5,7,13H2,(H2,14,17). The largest absolute Gasteiger partial charge is 0.366 e. The van der Waals surface area contributed by atoms with E-state index in [9.17, 15) is 14.9 Å². The van der Waals surface area contributed by atoms with Gasteiger partial charge in [-0.25, -0.2) is 0 Å². The molecule has 2 rings (SSSR count). The van der Waals surface area contributed by atoms with Crippen molar-refractivity contribution < 1.29 is 9.72 Å². The zero-order valence-electron chi connectivity index (χ0n) is 10.4. The van der Waals surface area contributed by atoms with Gasteiger partial charge in [-0.3, -0.25) is 14.9 Å². The topological polar surface area (TPSA) is 115 Å². The number of nitro benzene ring substituents is 1. The lowest BCUT2D eigenvalue weighted by Gasteiger charge is -2.32. The highest BCUT2D eigenvalue weighted by Gasteiger charge is 2.24. The molecule has 1 aromatic carbocycles. The molecule has 102 valence electrons. The summed E-state index contributed by atoms with van der Waals surface area (Å²) in [7, 11) is 0. The van der Waals surface area contributed by atoms with Gasteiger partial charge in [0, 0.05) is 30.8 Å². The highest BCUT2D eigenvalue weighted by atomic mass is 16.6. The molecule has 0 spiro atoms. The number of amides is 1. The maximum Gasteiger partial charge on any atom is 0.292 e. The van der Waals surface area contributed by atoms with Crippen molar-refractivity contribution in [3.63, 3.8) is 0 Å². The molecule has 7 heteroatoms. The van der Waals surface area contributed by atoms with E-state index in [0.717, 1.165) is 12.8 Å². The number of piperidine rings is 1. The average molecular weight is 264 g/mol. The molecule has 1 saturated heterocycles. The van der Waals surface area contributed by atoms with Gasteiger partial charge in [0.25, 0.3) is 5.69 Å². The van der Waals surface area contributed by atoms with Crippen molar-refractivity contribution in [3.8, 4) is 0 Å². The zero-order valence-corrected chi connectivity index (χ0v) is 10.4. The van der Waals surface area contributed by atoms with Crippen LogP contribution in [0.5, 0.6) is 0 Å². The Morgan fingerprint density at radius 3 is 2.79 bits per heavy atom. The van der Waals surface area contributed by atoms with Crippen LogP contribution in [-0.2, 0) is 0 Å². The van der Waals surface area contributed by atoms with Crippen LogP contribution >= 0.6 is 0 Å². The number of nitrogens with zero attached hydrogens (tertiary/aromatic N) is 2. The van der Waals surface area contributed by atoms with E-state index in [1.54, 1.807) is 0 Å². The number of nitro groups is 1. The predicted molar refractivity (Wildman–Crippen MR) is 71.0 cm³/mol. The number of primary amides is 1. The molecule has 0 aliphatic carbocycles. The van der Waals surface area contributed by atoms with E-state index < -0.39 is 10.8 Å². The van der Waals surface area contributed by atoms with Crippen LogP contribution in [-0.4, -0.2) is 30.0 Å². The molecule has 1 aliphatic heterocycles. The SMILES string of the molecule is NC(=O)c1ccc([N+](=O)[O-])c(N2CCCC(N)C2)c1. The lowest BCUT2D eigenvalue weighted by Crippen LogP contribution is -2.43. The molecular formula is C12H16N4O3. The van der Waals surface area contributed by atoms with Crippen molar-refractivity contribution in [1.82, 2.24) is 0 Å². The molecule has 1 atom stereocenters. The molecule has 0 bridgehead atoms. The van der Waals surface area contributed by atoms with E-state index in [4.69, 9.17) is 11.5 Å². The Morgan fingerprint density at radius 1 is 1.47 bits per heavy atom. The Balaban J connectivity index is 2.42. The van der Waals surface area contributed by atoms with Gasteiger partial charge in [0.1, 0.15) is 5.69 Å². The van der Waals surface area contributed by atoms with Crippen LogP contribution in [0, 0.1) is 10.1 Å². The molecule has 0 aromatic heterocycles. The van der Waals surface area contributed by atoms with Crippen molar-refractivity contribution in [2.45, 2.75) is 18.9 Å². The van der Waals surface area contributed by atoms with E-state index in [-0.39, 0.29) is 17.3 Å². The van der Waals surface area contributed by atoms with Crippen LogP contribution in [0.15, 0.2) is 18.2 Å². The van der Waals surface area contributed by atoms with Gasteiger partial charge < -0.3 is 16.4 Å². The summed E-state index contributed by atoms with van der Waals surface area (Å²) in [6.07, 6.45) is 1.78. The van der Waals surface area contributed by atoms with Crippen LogP contribution in [0.25, 0.3) is 0 Å². The molecule has 0 radical (unpaired) electrons. The zero-order chi connectivity index (χ0) is 14.0. The van der Waals surface area contributed by atoms with E-state index in [1.165, 1.54) is 18.2 Å². The molecule has 1 heterocycles. The van der Waals surface area contributed by atoms with Crippen LogP contribution in [0.4, 0.5) is 11.4 Å². The third-order valence-corrected chi connectivity index (χ3v) is 3.26. The van der Waals surface area contributed by atoms with Gasteiger partial charge >= 0.3 is 0 Å². The Bertz CT molecular complexity index is 518. The number of rotatable bonds is 3. The average Bonchev–Trinajstić information content (AvgIpc) is 2.37. The molecule has 19 heavy (non-hydrogen) atoms. The fourth-order valence-corrected chi connectivity index (χ4v) is 2.31. The van der Waals surface area contributed by atoms with Crippen LogP contribution in [0.3, 0.4) is 0 Å². The second kappa shape index (κ2) is 5.23. The minimum Gasteiger partial charge on any atom is -0.366 e. The molecule has 4 N–H and O–H groups in total. The molecule has 1 amide bonds. The predicted octanol–water partition coefficient (Wildman–Crippen LogP) is 0.621. The monoisotopic (exact) mass is 264 g/mol. The number of carbonyl (C=O) groups is 1. The normalized spacial score (nSPS) is 19.2. The van der Waals surface area contributed by atoms with Gasteiger partial charge in [0.15, 0.2) is 0 Å². The number of nitrogens with two attached hydrogens (primary N) is 2. The Morgan fingerprint density at radius 2 is 2.21 bits per heavy atom. The van der Waals surface area contributed by atoms with E-state index in [1.807, 2.05) is 4.90 Å². The molecule has 1 aromatic rings. The van der Waals surface area contributed by atoms with Crippen LogP contribution in [0.1, 0.15) is 23.2 Å². The smallest absolute Gasteiger partial charge is 0.292 e. The Hall–Kier alpha value is -2.15. The fraction of sp³-hybridized carbons (Fsp3) is 0.417. The summed E-state index contributed by atoms with van der Waals surface area (Å²) in [5.41, 5.74) is 11.7. The van der Waals surface area contributed by atoms with Gasteiger partial charge in [-0.15, -0.1) is 0 Å². The molecular weight excluding hydrogens is 248 g/mol. The van der Waals surface area contributed by atoms with Crippen molar-refractivity contribution in [3.05, 3.63) is 33.9 Å². The fourth-order valence-electron chi connectivity index (χ4n) is 2.31. The summed E-state index contributed by atoms with van der Waals surface area (Å²) < 4.78 is 0.